The average molecular weight is 732 g/mol. The maximum atomic E-state index is 12.7. The Labute approximate surface area is 320 Å². The highest BCUT2D eigenvalue weighted by Gasteiger charge is 2.28. The van der Waals surface area contributed by atoms with Gasteiger partial charge in [-0.25, -0.2) is 4.79 Å². The van der Waals surface area contributed by atoms with Gasteiger partial charge in [0, 0.05) is 19.0 Å². The summed E-state index contributed by atoms with van der Waals surface area (Å²) in [7, 11) is 0. The first-order valence-electron chi connectivity index (χ1n) is 20.6. The zero-order valence-electron chi connectivity index (χ0n) is 32.9. The van der Waals surface area contributed by atoms with E-state index in [4.69, 9.17) is 9.47 Å². The lowest BCUT2D eigenvalue weighted by Crippen LogP contribution is -2.29. The highest BCUT2D eigenvalue weighted by molar-refractivity contribution is 5.89. The number of hydrogen-bond donors (Lipinski definition) is 1. The SMILES string of the molecule is CCC=CCC=CCC=CCCCCCCCC(=O)Nc1ccn(C2CC[C@@H](COC(=O)CCCCCCCC=CCC=CCC=CCC)O2)c(=O)n1. The van der Waals surface area contributed by atoms with Gasteiger partial charge in [0.05, 0.1) is 6.10 Å². The van der Waals surface area contributed by atoms with Gasteiger partial charge in [-0.05, 0) is 96.0 Å². The first-order valence-corrected chi connectivity index (χ1v) is 20.6. The molecule has 0 bridgehead atoms. The van der Waals surface area contributed by atoms with Crippen molar-refractivity contribution in [3.63, 3.8) is 0 Å². The van der Waals surface area contributed by atoms with Gasteiger partial charge in [-0.15, -0.1) is 0 Å². The summed E-state index contributed by atoms with van der Waals surface area (Å²) in [5.74, 6) is -0.0752. The number of amides is 1. The molecule has 1 aromatic heterocycles. The predicted molar refractivity (Wildman–Crippen MR) is 220 cm³/mol. The molecule has 1 N–H and O–H groups in total. The van der Waals surface area contributed by atoms with Gasteiger partial charge in [0.1, 0.15) is 18.7 Å². The van der Waals surface area contributed by atoms with E-state index in [2.05, 4.69) is 97.1 Å². The van der Waals surface area contributed by atoms with Gasteiger partial charge >= 0.3 is 11.7 Å². The van der Waals surface area contributed by atoms with Crippen LogP contribution < -0.4 is 11.0 Å². The monoisotopic (exact) mass is 732 g/mol. The van der Waals surface area contributed by atoms with Gasteiger partial charge in [-0.1, -0.05) is 125 Å². The lowest BCUT2D eigenvalue weighted by molar-refractivity contribution is -0.148. The van der Waals surface area contributed by atoms with E-state index in [-0.39, 0.29) is 30.4 Å². The van der Waals surface area contributed by atoms with E-state index in [1.54, 1.807) is 12.3 Å². The zero-order chi connectivity index (χ0) is 38.0. The Hall–Kier alpha value is -3.78. The average Bonchev–Trinajstić information content (AvgIpc) is 3.62. The molecule has 1 unspecified atom stereocenters. The van der Waals surface area contributed by atoms with Crippen LogP contribution in [0.25, 0.3) is 0 Å². The third-order valence-electron chi connectivity index (χ3n) is 9.01. The Morgan fingerprint density at radius 1 is 0.717 bits per heavy atom. The molecule has 1 aromatic rings. The molecule has 0 radical (unpaired) electrons. The van der Waals surface area contributed by atoms with Crippen LogP contribution in [-0.2, 0) is 19.1 Å². The molecule has 1 aliphatic heterocycles. The molecule has 1 saturated heterocycles. The topological polar surface area (TPSA) is 99.5 Å². The highest BCUT2D eigenvalue weighted by atomic mass is 16.6. The van der Waals surface area contributed by atoms with E-state index in [0.29, 0.717) is 25.7 Å². The van der Waals surface area contributed by atoms with E-state index in [9.17, 15) is 14.4 Å². The molecular weight excluding hydrogens is 663 g/mol. The minimum absolute atomic E-state index is 0.131. The number of unbranched alkanes of at least 4 members (excludes halogenated alkanes) is 10. The van der Waals surface area contributed by atoms with Crippen molar-refractivity contribution in [1.82, 2.24) is 9.55 Å². The summed E-state index contributed by atoms with van der Waals surface area (Å²) in [6.07, 6.45) is 48.6. The maximum absolute atomic E-state index is 12.7. The van der Waals surface area contributed by atoms with E-state index in [1.165, 1.54) is 23.8 Å². The number of carbonyl (C=O) groups is 2. The number of aromatic nitrogens is 2. The molecule has 2 heterocycles. The fraction of sp³-hybridized carbons (Fsp3) is 0.600. The normalized spacial score (nSPS) is 16.5. The second-order valence-corrected chi connectivity index (χ2v) is 13.7. The number of esters is 1. The third-order valence-corrected chi connectivity index (χ3v) is 9.01. The van der Waals surface area contributed by atoms with Crippen LogP contribution in [0.2, 0.25) is 0 Å². The van der Waals surface area contributed by atoms with Gasteiger partial charge in [0.2, 0.25) is 5.91 Å². The van der Waals surface area contributed by atoms with E-state index < -0.39 is 11.9 Å². The van der Waals surface area contributed by atoms with Crippen LogP contribution in [0.1, 0.15) is 161 Å². The third kappa shape index (κ3) is 24.2. The standard InChI is InChI=1S/C45H69N3O5/c1-3-5-7-9-11-13-15-17-19-21-23-25-27-29-31-33-42(49)46-41-37-38-48(45(51)47-41)43-36-35-40(53-43)39-52-44(50)34-32-30-28-26-24-22-20-18-16-14-12-10-8-6-4-2/h5-8,11-14,17-20,37-38,40,43H,3-4,9-10,15-16,21-36,39H2,1-2H3,(H,46,47,49,51)/t40-,43?/m0/s1. The molecule has 8 nitrogen and oxygen atoms in total. The smallest absolute Gasteiger partial charge is 0.351 e. The second-order valence-electron chi connectivity index (χ2n) is 13.7. The molecule has 1 aliphatic rings. The summed E-state index contributed by atoms with van der Waals surface area (Å²) in [6.45, 7) is 4.48. The van der Waals surface area contributed by atoms with Crippen molar-refractivity contribution in [3.8, 4) is 0 Å². The van der Waals surface area contributed by atoms with Crippen molar-refractivity contribution < 1.29 is 19.1 Å². The lowest BCUT2D eigenvalue weighted by Gasteiger charge is -2.16. The lowest BCUT2D eigenvalue weighted by atomic mass is 10.1. The van der Waals surface area contributed by atoms with Crippen LogP contribution >= 0.6 is 0 Å². The van der Waals surface area contributed by atoms with Crippen LogP contribution in [0.15, 0.2) is 90.0 Å². The Bertz CT molecular complexity index is 1360. The minimum atomic E-state index is -0.473. The first-order chi connectivity index (χ1) is 26.0. The number of nitrogens with one attached hydrogen (secondary N) is 1. The fourth-order valence-electron chi connectivity index (χ4n) is 5.97. The van der Waals surface area contributed by atoms with E-state index >= 15 is 0 Å². The minimum Gasteiger partial charge on any atom is -0.463 e. The number of anilines is 1. The Morgan fingerprint density at radius 3 is 1.79 bits per heavy atom. The Kier molecular flexibility index (Phi) is 27.2. The summed E-state index contributed by atoms with van der Waals surface area (Å²) in [4.78, 5) is 41.5. The van der Waals surface area contributed by atoms with Crippen LogP contribution in [0, 0.1) is 0 Å². The number of hydrogen-bond acceptors (Lipinski definition) is 6. The molecule has 1 fully saturated rings. The molecule has 53 heavy (non-hydrogen) atoms. The van der Waals surface area contributed by atoms with Crippen molar-refractivity contribution in [2.45, 2.75) is 167 Å². The summed E-state index contributed by atoms with van der Waals surface area (Å²) < 4.78 is 12.9. The molecule has 2 rings (SSSR count). The summed E-state index contributed by atoms with van der Waals surface area (Å²) >= 11 is 0. The predicted octanol–water partition coefficient (Wildman–Crippen LogP) is 11.6. The first kappa shape index (κ1) is 45.4. The van der Waals surface area contributed by atoms with Crippen molar-refractivity contribution in [3.05, 3.63) is 95.7 Å². The molecule has 0 aromatic carbocycles. The summed E-state index contributed by atoms with van der Waals surface area (Å²) in [5.41, 5.74) is -0.473. The molecule has 0 aliphatic carbocycles. The molecule has 0 spiro atoms. The van der Waals surface area contributed by atoms with Crippen LogP contribution in [0.5, 0.6) is 0 Å². The van der Waals surface area contributed by atoms with Gasteiger partial charge in [-0.2, -0.15) is 4.98 Å². The molecule has 0 saturated carbocycles. The molecule has 8 heteroatoms. The number of nitrogens with zero attached hydrogens (tertiary/aromatic N) is 2. The van der Waals surface area contributed by atoms with Crippen LogP contribution in [0.3, 0.4) is 0 Å². The molecule has 1 amide bonds. The zero-order valence-corrected chi connectivity index (χ0v) is 32.9. The van der Waals surface area contributed by atoms with Crippen LogP contribution in [0.4, 0.5) is 5.82 Å². The Balaban J connectivity index is 1.49. The second kappa shape index (κ2) is 31.7. The largest absolute Gasteiger partial charge is 0.463 e. The number of rotatable bonds is 30. The fourth-order valence-corrected chi connectivity index (χ4v) is 5.97. The van der Waals surface area contributed by atoms with Crippen molar-refractivity contribution in [2.75, 3.05) is 11.9 Å². The van der Waals surface area contributed by atoms with Gasteiger partial charge in [0.15, 0.2) is 0 Å². The highest BCUT2D eigenvalue weighted by Crippen LogP contribution is 2.27. The number of allylic oxidation sites excluding steroid dienone is 12. The van der Waals surface area contributed by atoms with Crippen molar-refractivity contribution >= 4 is 17.7 Å². The quantitative estimate of drug-likeness (QED) is 0.0480. The van der Waals surface area contributed by atoms with Crippen LogP contribution in [-0.4, -0.2) is 34.1 Å². The maximum Gasteiger partial charge on any atom is 0.351 e. The van der Waals surface area contributed by atoms with E-state index in [1.807, 2.05) is 0 Å². The molecular formula is C45H69N3O5. The van der Waals surface area contributed by atoms with Gasteiger partial charge in [0.25, 0.3) is 0 Å². The summed E-state index contributed by atoms with van der Waals surface area (Å²) in [5, 5.41) is 2.75. The van der Waals surface area contributed by atoms with Gasteiger partial charge in [-0.3, -0.25) is 14.2 Å². The van der Waals surface area contributed by atoms with E-state index in [0.717, 1.165) is 96.3 Å². The van der Waals surface area contributed by atoms with Crippen molar-refractivity contribution in [1.29, 1.82) is 0 Å². The Morgan fingerprint density at radius 2 is 1.23 bits per heavy atom. The van der Waals surface area contributed by atoms with Crippen molar-refractivity contribution in [2.24, 2.45) is 0 Å². The number of ether oxygens (including phenoxy) is 2. The number of carbonyl (C=O) groups excluding carboxylic acids is 2. The molecule has 2 atom stereocenters. The van der Waals surface area contributed by atoms with Gasteiger partial charge < -0.3 is 14.8 Å². The molecule has 294 valence electrons. The summed E-state index contributed by atoms with van der Waals surface area (Å²) in [6, 6.07) is 1.63.